The van der Waals surface area contributed by atoms with E-state index in [4.69, 9.17) is 0 Å². The quantitative estimate of drug-likeness (QED) is 0.836. The maximum absolute atomic E-state index is 11.4. The van der Waals surface area contributed by atoms with Crippen molar-refractivity contribution in [1.29, 1.82) is 0 Å². The summed E-state index contributed by atoms with van der Waals surface area (Å²) in [5, 5.41) is 4.01. The molecule has 1 N–H and O–H groups in total. The molecule has 1 aromatic heterocycles. The van der Waals surface area contributed by atoms with Crippen LogP contribution in [-0.4, -0.2) is 40.1 Å². The van der Waals surface area contributed by atoms with Crippen molar-refractivity contribution in [1.82, 2.24) is 9.97 Å². The molecule has 5 nitrogen and oxygen atoms in total. The van der Waals surface area contributed by atoms with E-state index in [1.807, 2.05) is 11.8 Å². The molecule has 1 aromatic rings. The normalized spacial score (nSPS) is 22.2. The zero-order chi connectivity index (χ0) is 13.7. The van der Waals surface area contributed by atoms with E-state index in [1.165, 1.54) is 26.1 Å². The molecule has 0 radical (unpaired) electrons. The Labute approximate surface area is 117 Å². The number of nitrogens with zero attached hydrogens (tertiary/aromatic N) is 2. The fourth-order valence-electron chi connectivity index (χ4n) is 2.33. The van der Waals surface area contributed by atoms with Gasteiger partial charge in [0.1, 0.15) is 5.82 Å². The molecule has 1 aliphatic rings. The molecular formula is C13H19N3O2S. The molecular weight excluding hydrogens is 262 g/mol. The third-order valence-corrected chi connectivity index (χ3v) is 4.52. The molecule has 2 rings (SSSR count). The van der Waals surface area contributed by atoms with Crippen LogP contribution in [-0.2, 0) is 4.74 Å². The molecule has 1 saturated carbocycles. The molecule has 2 unspecified atom stereocenters. The number of ether oxygens (including phenoxy) is 1. The summed E-state index contributed by atoms with van der Waals surface area (Å²) in [5.41, 5.74) is 0.241. The molecule has 0 spiro atoms. The third kappa shape index (κ3) is 3.59. The summed E-state index contributed by atoms with van der Waals surface area (Å²) >= 11 is 1.98. The monoisotopic (exact) mass is 281 g/mol. The summed E-state index contributed by atoms with van der Waals surface area (Å²) in [5.74, 6) is 1.31. The molecule has 0 saturated heterocycles. The number of carbonyl (C=O) groups is 1. The first-order valence-corrected chi connectivity index (χ1v) is 7.58. The zero-order valence-electron chi connectivity index (χ0n) is 11.3. The minimum absolute atomic E-state index is 0.241. The summed E-state index contributed by atoms with van der Waals surface area (Å²) in [6.07, 6.45) is 6.68. The average Bonchev–Trinajstić information content (AvgIpc) is 2.86. The molecule has 0 aromatic carbocycles. The largest absolute Gasteiger partial charge is 0.464 e. The van der Waals surface area contributed by atoms with Crippen LogP contribution in [0.4, 0.5) is 5.82 Å². The Morgan fingerprint density at radius 2 is 2.37 bits per heavy atom. The molecule has 1 aliphatic carbocycles. The van der Waals surface area contributed by atoms with Crippen molar-refractivity contribution in [3.05, 3.63) is 18.1 Å². The molecule has 1 heterocycles. The Morgan fingerprint density at radius 3 is 3.11 bits per heavy atom. The van der Waals surface area contributed by atoms with Gasteiger partial charge in [-0.15, -0.1) is 0 Å². The Kier molecular flexibility index (Phi) is 5.01. The topological polar surface area (TPSA) is 64.1 Å². The number of thioether (sulfide) groups is 1. The standard InChI is InChI=1S/C13H19N3O2S/c1-3-19-11-6-4-5-9(11)15-12-8-14-7-10(16-12)13(17)18-2/h7-9,11H,3-6H2,1-2H3,(H,15,16). The number of carbonyl (C=O) groups excluding carboxylic acids is 1. The first kappa shape index (κ1) is 14.1. The average molecular weight is 281 g/mol. The zero-order valence-corrected chi connectivity index (χ0v) is 12.1. The number of rotatable bonds is 5. The summed E-state index contributed by atoms with van der Waals surface area (Å²) in [6, 6.07) is 0.409. The van der Waals surface area contributed by atoms with Crippen molar-refractivity contribution < 1.29 is 9.53 Å². The molecule has 2 atom stereocenters. The van der Waals surface area contributed by atoms with Crippen LogP contribution >= 0.6 is 11.8 Å². The molecule has 104 valence electrons. The number of nitrogens with one attached hydrogen (secondary N) is 1. The van der Waals surface area contributed by atoms with Gasteiger partial charge in [-0.2, -0.15) is 11.8 Å². The Bertz CT molecular complexity index is 442. The van der Waals surface area contributed by atoms with Crippen LogP contribution in [0.1, 0.15) is 36.7 Å². The van der Waals surface area contributed by atoms with Crippen molar-refractivity contribution in [2.75, 3.05) is 18.2 Å². The summed E-state index contributed by atoms with van der Waals surface area (Å²) in [4.78, 5) is 19.7. The van der Waals surface area contributed by atoms with E-state index in [-0.39, 0.29) is 5.69 Å². The van der Waals surface area contributed by atoms with Crippen molar-refractivity contribution in [2.24, 2.45) is 0 Å². The van der Waals surface area contributed by atoms with Gasteiger partial charge in [0, 0.05) is 11.3 Å². The SMILES string of the molecule is CCSC1CCCC1Nc1cncc(C(=O)OC)n1. The van der Waals surface area contributed by atoms with E-state index >= 15 is 0 Å². The van der Waals surface area contributed by atoms with Crippen LogP contribution in [0.25, 0.3) is 0 Å². The highest BCUT2D eigenvalue weighted by molar-refractivity contribution is 7.99. The smallest absolute Gasteiger partial charge is 0.358 e. The Morgan fingerprint density at radius 1 is 1.53 bits per heavy atom. The molecule has 19 heavy (non-hydrogen) atoms. The third-order valence-electron chi connectivity index (χ3n) is 3.20. The fourth-order valence-corrected chi connectivity index (χ4v) is 3.53. The van der Waals surface area contributed by atoms with Gasteiger partial charge in [-0.05, 0) is 18.6 Å². The van der Waals surface area contributed by atoms with Crippen molar-refractivity contribution in [2.45, 2.75) is 37.5 Å². The van der Waals surface area contributed by atoms with Crippen molar-refractivity contribution in [3.63, 3.8) is 0 Å². The lowest BCUT2D eigenvalue weighted by Gasteiger charge is -2.20. The van der Waals surface area contributed by atoms with E-state index in [0.29, 0.717) is 17.1 Å². The highest BCUT2D eigenvalue weighted by atomic mass is 32.2. The maximum Gasteiger partial charge on any atom is 0.358 e. The van der Waals surface area contributed by atoms with E-state index in [9.17, 15) is 4.79 Å². The van der Waals surface area contributed by atoms with Crippen LogP contribution in [0, 0.1) is 0 Å². The first-order chi connectivity index (χ1) is 9.24. The van der Waals surface area contributed by atoms with Gasteiger partial charge >= 0.3 is 5.97 Å². The van der Waals surface area contributed by atoms with Gasteiger partial charge in [0.25, 0.3) is 0 Å². The first-order valence-electron chi connectivity index (χ1n) is 6.53. The number of aromatic nitrogens is 2. The van der Waals surface area contributed by atoms with Crippen LogP contribution in [0.15, 0.2) is 12.4 Å². The second-order valence-electron chi connectivity index (χ2n) is 4.46. The lowest BCUT2D eigenvalue weighted by Crippen LogP contribution is -2.27. The Balaban J connectivity index is 2.04. The number of methoxy groups -OCH3 is 1. The summed E-state index contributed by atoms with van der Waals surface area (Å²) < 4.78 is 4.65. The van der Waals surface area contributed by atoms with E-state index in [0.717, 1.165) is 12.2 Å². The number of esters is 1. The van der Waals surface area contributed by atoms with Crippen molar-refractivity contribution >= 4 is 23.5 Å². The highest BCUT2D eigenvalue weighted by Gasteiger charge is 2.27. The van der Waals surface area contributed by atoms with Crippen LogP contribution in [0.3, 0.4) is 0 Å². The van der Waals surface area contributed by atoms with Gasteiger partial charge in [0.2, 0.25) is 0 Å². The molecule has 6 heteroatoms. The van der Waals surface area contributed by atoms with E-state index in [1.54, 1.807) is 6.20 Å². The van der Waals surface area contributed by atoms with Gasteiger partial charge in [0.15, 0.2) is 5.69 Å². The number of anilines is 1. The van der Waals surface area contributed by atoms with Gasteiger partial charge in [-0.3, -0.25) is 4.98 Å². The second-order valence-corrected chi connectivity index (χ2v) is 5.97. The summed E-state index contributed by atoms with van der Waals surface area (Å²) in [7, 11) is 1.34. The lowest BCUT2D eigenvalue weighted by atomic mass is 10.2. The van der Waals surface area contributed by atoms with E-state index in [2.05, 4.69) is 26.9 Å². The maximum atomic E-state index is 11.4. The van der Waals surface area contributed by atoms with Gasteiger partial charge in [0.05, 0.1) is 19.5 Å². The molecule has 0 aliphatic heterocycles. The lowest BCUT2D eigenvalue weighted by molar-refractivity contribution is 0.0593. The van der Waals surface area contributed by atoms with E-state index < -0.39 is 5.97 Å². The van der Waals surface area contributed by atoms with Crippen LogP contribution < -0.4 is 5.32 Å². The fraction of sp³-hybridized carbons (Fsp3) is 0.615. The van der Waals surface area contributed by atoms with Crippen LogP contribution in [0.2, 0.25) is 0 Å². The predicted octanol–water partition coefficient (Wildman–Crippen LogP) is 2.35. The van der Waals surface area contributed by atoms with Crippen molar-refractivity contribution in [3.8, 4) is 0 Å². The molecule has 0 bridgehead atoms. The minimum Gasteiger partial charge on any atom is -0.464 e. The van der Waals surface area contributed by atoms with Gasteiger partial charge < -0.3 is 10.1 Å². The van der Waals surface area contributed by atoms with Gasteiger partial charge in [-0.25, -0.2) is 9.78 Å². The number of hydrogen-bond donors (Lipinski definition) is 1. The second kappa shape index (κ2) is 6.75. The van der Waals surface area contributed by atoms with Crippen LogP contribution in [0.5, 0.6) is 0 Å². The minimum atomic E-state index is -0.456. The molecule has 1 fully saturated rings. The number of hydrogen-bond acceptors (Lipinski definition) is 6. The predicted molar refractivity (Wildman–Crippen MR) is 76.6 cm³/mol. The summed E-state index contributed by atoms with van der Waals surface area (Å²) in [6.45, 7) is 2.18. The highest BCUT2D eigenvalue weighted by Crippen LogP contribution is 2.31. The van der Waals surface area contributed by atoms with Gasteiger partial charge in [-0.1, -0.05) is 13.3 Å². The molecule has 0 amide bonds. The Hall–Kier alpha value is -1.30.